The van der Waals surface area contributed by atoms with Crippen LogP contribution in [0.1, 0.15) is 48.0 Å². The molecule has 2 aliphatic heterocycles. The molecule has 2 rings (SSSR count). The van der Waals surface area contributed by atoms with Crippen LogP contribution in [0.5, 0.6) is 0 Å². The number of nitrogens with zero attached hydrogens (tertiary/aromatic N) is 2. The average molecular weight is 415 g/mol. The van der Waals surface area contributed by atoms with Crippen molar-refractivity contribution >= 4 is 26.4 Å². The van der Waals surface area contributed by atoms with Crippen LogP contribution >= 0.6 is 0 Å². The van der Waals surface area contributed by atoms with E-state index in [0.717, 1.165) is 0 Å². The Bertz CT molecular complexity index is 621. The Morgan fingerprint density at radius 2 is 1.75 bits per heavy atom. The molecule has 2 heterocycles. The Morgan fingerprint density at radius 1 is 1.14 bits per heavy atom. The molecule has 0 saturated carbocycles. The molecule has 2 unspecified atom stereocenters. The largest absolute Gasteiger partial charge is 0.444 e. The third kappa shape index (κ3) is 5.05. The van der Waals surface area contributed by atoms with Crippen molar-refractivity contribution in [1.29, 1.82) is 0 Å². The van der Waals surface area contributed by atoms with Gasteiger partial charge >= 0.3 is 12.2 Å². The van der Waals surface area contributed by atoms with Gasteiger partial charge in [0, 0.05) is 6.54 Å². The van der Waals surface area contributed by atoms with Gasteiger partial charge in [0.2, 0.25) is 0 Å². The van der Waals surface area contributed by atoms with Crippen LogP contribution in [0.2, 0.25) is 18.1 Å². The lowest BCUT2D eigenvalue weighted by Crippen LogP contribution is -2.61. The number of amides is 3. The molecule has 0 aromatic heterocycles. The van der Waals surface area contributed by atoms with E-state index in [1.807, 2.05) is 20.8 Å². The Morgan fingerprint density at radius 3 is 2.21 bits per heavy atom. The lowest BCUT2D eigenvalue weighted by atomic mass is 10.0. The molecule has 0 aromatic rings. The molecular weight excluding hydrogens is 380 g/mol. The van der Waals surface area contributed by atoms with Gasteiger partial charge in [0.05, 0.1) is 18.7 Å². The number of hydrogen-bond acceptors (Lipinski definition) is 6. The maximum atomic E-state index is 12.6. The van der Waals surface area contributed by atoms with Crippen LogP contribution in [0, 0.1) is 0 Å². The molecule has 2 saturated heterocycles. The molecule has 0 bridgehead atoms. The fourth-order valence-electron chi connectivity index (χ4n) is 3.05. The number of carbonyl (C=O) groups excluding carboxylic acids is 3. The number of carbonyl (C=O) groups is 3. The van der Waals surface area contributed by atoms with Gasteiger partial charge in [-0.15, -0.1) is 0 Å². The van der Waals surface area contributed by atoms with Crippen LogP contribution in [-0.2, 0) is 18.7 Å². The Balaban J connectivity index is 2.25. The summed E-state index contributed by atoms with van der Waals surface area (Å²) in [6.07, 6.45) is -1.09. The predicted octanol–water partition coefficient (Wildman–Crippen LogP) is 3.37. The first-order valence-corrected chi connectivity index (χ1v) is 12.7. The molecular formula is C19H34N2O6Si. The molecule has 2 fully saturated rings. The third-order valence-electron chi connectivity index (χ3n) is 5.54. The summed E-state index contributed by atoms with van der Waals surface area (Å²) in [4.78, 5) is 39.7. The van der Waals surface area contributed by atoms with Gasteiger partial charge in [0.15, 0.2) is 14.9 Å². The summed E-state index contributed by atoms with van der Waals surface area (Å²) in [5.74, 6) is -0.357. The molecule has 2 aliphatic rings. The fourth-order valence-corrected chi connectivity index (χ4v) is 4.39. The van der Waals surface area contributed by atoms with E-state index in [1.165, 1.54) is 4.90 Å². The molecule has 2 atom stereocenters. The molecule has 9 heteroatoms. The zero-order valence-corrected chi connectivity index (χ0v) is 19.3. The van der Waals surface area contributed by atoms with Gasteiger partial charge in [-0.3, -0.25) is 4.79 Å². The zero-order chi connectivity index (χ0) is 21.5. The van der Waals surface area contributed by atoms with E-state index in [-0.39, 0.29) is 24.1 Å². The monoisotopic (exact) mass is 414 g/mol. The maximum absolute atomic E-state index is 12.6. The van der Waals surface area contributed by atoms with Gasteiger partial charge in [-0.1, -0.05) is 20.8 Å². The van der Waals surface area contributed by atoms with Crippen LogP contribution in [-0.4, -0.2) is 73.7 Å². The molecule has 3 amide bonds. The lowest BCUT2D eigenvalue weighted by molar-refractivity contribution is -0.130. The number of cyclic esters (lactones) is 1. The second kappa shape index (κ2) is 7.66. The van der Waals surface area contributed by atoms with Crippen LogP contribution in [0.15, 0.2) is 0 Å². The van der Waals surface area contributed by atoms with Crippen molar-refractivity contribution < 1.29 is 28.3 Å². The van der Waals surface area contributed by atoms with Crippen molar-refractivity contribution in [2.24, 2.45) is 0 Å². The minimum Gasteiger partial charge on any atom is -0.444 e. The summed E-state index contributed by atoms with van der Waals surface area (Å²) in [7, 11) is -2.21. The van der Waals surface area contributed by atoms with Crippen LogP contribution in [0.25, 0.3) is 0 Å². The fraction of sp³-hybridized carbons (Fsp3) is 0.842. The molecule has 0 N–H and O–H groups in total. The summed E-state index contributed by atoms with van der Waals surface area (Å²) >= 11 is 0. The zero-order valence-electron chi connectivity index (χ0n) is 18.3. The molecule has 28 heavy (non-hydrogen) atoms. The summed E-state index contributed by atoms with van der Waals surface area (Å²) in [6, 6.07) is -0.449. The number of ether oxygens (including phenoxy) is 2. The van der Waals surface area contributed by atoms with Gasteiger partial charge in [-0.25, -0.2) is 14.5 Å². The highest BCUT2D eigenvalue weighted by atomic mass is 28.4. The lowest BCUT2D eigenvalue weighted by Gasteiger charge is -2.46. The normalized spacial score (nSPS) is 24.4. The number of imide groups is 1. The second-order valence-corrected chi connectivity index (χ2v) is 14.8. The van der Waals surface area contributed by atoms with Gasteiger partial charge in [-0.2, -0.15) is 0 Å². The average Bonchev–Trinajstić information content (AvgIpc) is 2.83. The van der Waals surface area contributed by atoms with E-state index >= 15 is 0 Å². The highest BCUT2D eigenvalue weighted by Gasteiger charge is 2.48. The molecule has 160 valence electrons. The second-order valence-electron chi connectivity index (χ2n) is 10.0. The van der Waals surface area contributed by atoms with Crippen molar-refractivity contribution in [3.05, 3.63) is 0 Å². The van der Waals surface area contributed by atoms with Crippen molar-refractivity contribution in [3.63, 3.8) is 0 Å². The van der Waals surface area contributed by atoms with Crippen LogP contribution in [0.3, 0.4) is 0 Å². The molecule has 0 aromatic carbocycles. The summed E-state index contributed by atoms with van der Waals surface area (Å²) in [5.41, 5.74) is -0.599. The molecule has 0 spiro atoms. The van der Waals surface area contributed by atoms with Crippen molar-refractivity contribution in [2.45, 2.75) is 83.8 Å². The highest BCUT2D eigenvalue weighted by molar-refractivity contribution is 6.74. The van der Waals surface area contributed by atoms with E-state index in [9.17, 15) is 14.4 Å². The van der Waals surface area contributed by atoms with Crippen LogP contribution in [0.4, 0.5) is 9.59 Å². The minimum atomic E-state index is -2.21. The maximum Gasteiger partial charge on any atom is 0.417 e. The van der Waals surface area contributed by atoms with E-state index in [0.29, 0.717) is 13.0 Å². The number of likely N-dealkylation sites (tertiary alicyclic amines) is 1. The first kappa shape index (κ1) is 22.7. The standard InChI is InChI=1S/C19H34N2O6Si/c1-18(2,3)26-16(23)20-10-9-13(21-15(22)12-25-17(21)24)14(11-20)27-28(7,8)19(4,5)6/h13-14H,9-12H2,1-8H3. The van der Waals surface area contributed by atoms with Crippen molar-refractivity contribution in [2.75, 3.05) is 19.7 Å². The smallest absolute Gasteiger partial charge is 0.417 e. The van der Waals surface area contributed by atoms with E-state index in [2.05, 4.69) is 33.9 Å². The molecule has 0 radical (unpaired) electrons. The molecule has 0 aliphatic carbocycles. The van der Waals surface area contributed by atoms with E-state index in [4.69, 9.17) is 13.9 Å². The van der Waals surface area contributed by atoms with Gasteiger partial charge < -0.3 is 18.8 Å². The van der Waals surface area contributed by atoms with Crippen LogP contribution < -0.4 is 0 Å². The third-order valence-corrected chi connectivity index (χ3v) is 10.0. The van der Waals surface area contributed by atoms with Gasteiger partial charge in [0.25, 0.3) is 5.91 Å². The Hall–Kier alpha value is -1.61. The van der Waals surface area contributed by atoms with Gasteiger partial charge in [-0.05, 0) is 45.3 Å². The Kier molecular flexibility index (Phi) is 6.21. The first-order chi connectivity index (χ1) is 12.6. The SMILES string of the molecule is CC(C)(C)OC(=O)N1CCC(N2C(=O)COC2=O)C(O[Si](C)(C)C(C)(C)C)C1. The number of rotatable bonds is 3. The Labute approximate surface area is 168 Å². The number of hydrogen-bond donors (Lipinski definition) is 0. The summed E-state index contributed by atoms with van der Waals surface area (Å²) in [6.45, 7) is 16.5. The van der Waals surface area contributed by atoms with Crippen molar-refractivity contribution in [3.8, 4) is 0 Å². The quantitative estimate of drug-likeness (QED) is 0.658. The minimum absolute atomic E-state index is 0.0543. The molecule has 8 nitrogen and oxygen atoms in total. The topological polar surface area (TPSA) is 85.4 Å². The first-order valence-electron chi connectivity index (χ1n) is 9.77. The van der Waals surface area contributed by atoms with Gasteiger partial charge in [0.1, 0.15) is 5.60 Å². The van der Waals surface area contributed by atoms with E-state index in [1.54, 1.807) is 4.90 Å². The predicted molar refractivity (Wildman–Crippen MR) is 106 cm³/mol. The summed E-state index contributed by atoms with van der Waals surface area (Å²) in [5, 5.41) is -0.0543. The number of piperidine rings is 1. The van der Waals surface area contributed by atoms with E-state index < -0.39 is 38.3 Å². The summed E-state index contributed by atoms with van der Waals surface area (Å²) < 4.78 is 17.0. The highest BCUT2D eigenvalue weighted by Crippen LogP contribution is 2.39. The van der Waals surface area contributed by atoms with Crippen molar-refractivity contribution in [1.82, 2.24) is 9.80 Å².